The van der Waals surface area contributed by atoms with E-state index in [0.29, 0.717) is 0 Å². The van der Waals surface area contributed by atoms with E-state index in [2.05, 4.69) is 4.72 Å². The van der Waals surface area contributed by atoms with Crippen molar-refractivity contribution in [3.8, 4) is 0 Å². The van der Waals surface area contributed by atoms with Crippen LogP contribution < -0.4 is 4.72 Å². The first-order valence-corrected chi connectivity index (χ1v) is 9.55. The molecule has 0 spiro atoms. The highest BCUT2D eigenvalue weighted by Gasteiger charge is 2.33. The molecule has 0 aliphatic heterocycles. The summed E-state index contributed by atoms with van der Waals surface area (Å²) < 4.78 is 65.4. The van der Waals surface area contributed by atoms with Crippen molar-refractivity contribution >= 4 is 15.9 Å². The third-order valence-electron chi connectivity index (χ3n) is 3.82. The molecule has 0 bridgehead atoms. The second kappa shape index (κ2) is 8.10. The lowest BCUT2D eigenvalue weighted by atomic mass is 10.1. The van der Waals surface area contributed by atoms with Crippen molar-refractivity contribution in [2.75, 3.05) is 13.6 Å². The number of nitrogens with zero attached hydrogens (tertiary/aromatic N) is 1. The maximum Gasteiger partial charge on any atom is 0.416 e. The summed E-state index contributed by atoms with van der Waals surface area (Å²) in [5.74, 6) is -0.514. The Kier molecular flexibility index (Phi) is 6.27. The second-order valence-electron chi connectivity index (χ2n) is 5.84. The summed E-state index contributed by atoms with van der Waals surface area (Å²) in [5.41, 5.74) is -0.638. The Morgan fingerprint density at radius 2 is 1.67 bits per heavy atom. The Balaban J connectivity index is 2.19. The van der Waals surface area contributed by atoms with Crippen LogP contribution in [0.2, 0.25) is 0 Å². The van der Waals surface area contributed by atoms with Crippen molar-refractivity contribution in [2.45, 2.75) is 24.5 Å². The van der Waals surface area contributed by atoms with Gasteiger partial charge in [-0.05, 0) is 35.9 Å². The van der Waals surface area contributed by atoms with Crippen molar-refractivity contribution in [1.29, 1.82) is 0 Å². The molecule has 0 saturated heterocycles. The van der Waals surface area contributed by atoms with Gasteiger partial charge in [-0.15, -0.1) is 0 Å². The summed E-state index contributed by atoms with van der Waals surface area (Å²) in [7, 11) is -2.26. The van der Waals surface area contributed by atoms with E-state index in [1.54, 1.807) is 6.92 Å². The van der Waals surface area contributed by atoms with Crippen LogP contribution in [0.5, 0.6) is 0 Å². The minimum atomic E-state index is -4.51. The zero-order valence-corrected chi connectivity index (χ0v) is 15.6. The number of halogens is 3. The van der Waals surface area contributed by atoms with Gasteiger partial charge in [0.2, 0.25) is 10.0 Å². The van der Waals surface area contributed by atoms with Gasteiger partial charge in [-0.25, -0.2) is 13.1 Å². The Hall–Kier alpha value is -2.39. The molecule has 0 saturated carbocycles. The van der Waals surface area contributed by atoms with E-state index in [0.717, 1.165) is 11.0 Å². The van der Waals surface area contributed by atoms with Gasteiger partial charge < -0.3 is 4.90 Å². The van der Waals surface area contributed by atoms with Crippen LogP contribution in [0.3, 0.4) is 0 Å². The van der Waals surface area contributed by atoms with E-state index in [1.165, 1.54) is 49.5 Å². The van der Waals surface area contributed by atoms with E-state index < -0.39 is 27.7 Å². The van der Waals surface area contributed by atoms with Crippen molar-refractivity contribution in [2.24, 2.45) is 0 Å². The first-order chi connectivity index (χ1) is 12.6. The summed E-state index contributed by atoms with van der Waals surface area (Å²) in [4.78, 5) is 13.6. The highest BCUT2D eigenvalue weighted by molar-refractivity contribution is 7.89. The number of sulfonamides is 1. The molecule has 5 nitrogen and oxygen atoms in total. The normalized spacial score (nSPS) is 12.0. The molecule has 0 aromatic heterocycles. The number of benzene rings is 2. The predicted octanol–water partition coefficient (Wildman–Crippen LogP) is 3.28. The third-order valence-corrected chi connectivity index (χ3v) is 5.38. The molecule has 0 heterocycles. The van der Waals surface area contributed by atoms with Gasteiger partial charge in [-0.2, -0.15) is 13.2 Å². The van der Waals surface area contributed by atoms with Gasteiger partial charge in [0.05, 0.1) is 10.5 Å². The van der Waals surface area contributed by atoms with Gasteiger partial charge in [0.25, 0.3) is 5.91 Å². The maximum atomic E-state index is 13.1. The van der Waals surface area contributed by atoms with Gasteiger partial charge >= 0.3 is 6.18 Å². The smallest absolute Gasteiger partial charge is 0.337 e. The minimum absolute atomic E-state index is 0.00553. The highest BCUT2D eigenvalue weighted by Crippen LogP contribution is 2.32. The van der Waals surface area contributed by atoms with Crippen LogP contribution in [-0.4, -0.2) is 32.8 Å². The molecule has 146 valence electrons. The largest absolute Gasteiger partial charge is 0.416 e. The molecule has 2 aromatic carbocycles. The first kappa shape index (κ1) is 20.9. The van der Waals surface area contributed by atoms with E-state index in [9.17, 15) is 26.4 Å². The lowest BCUT2D eigenvalue weighted by Gasteiger charge is -2.20. The van der Waals surface area contributed by atoms with Gasteiger partial charge in [0.1, 0.15) is 0 Å². The van der Waals surface area contributed by atoms with Gasteiger partial charge in [0.15, 0.2) is 0 Å². The Bertz CT molecular complexity index is 910. The van der Waals surface area contributed by atoms with Gasteiger partial charge in [-0.3, -0.25) is 4.79 Å². The highest BCUT2D eigenvalue weighted by atomic mass is 32.2. The van der Waals surface area contributed by atoms with Gasteiger partial charge in [0, 0.05) is 25.7 Å². The molecule has 0 fully saturated rings. The number of amides is 1. The predicted molar refractivity (Wildman–Crippen MR) is 94.5 cm³/mol. The number of carbonyl (C=O) groups excluding carboxylic acids is 1. The number of hydrogen-bond donors (Lipinski definition) is 1. The summed E-state index contributed by atoms with van der Waals surface area (Å²) in [5, 5.41) is 0. The van der Waals surface area contributed by atoms with Crippen LogP contribution in [0, 0.1) is 0 Å². The third kappa shape index (κ3) is 5.08. The molecular formula is C18H19F3N2O3S. The molecule has 2 aromatic rings. The zero-order valence-electron chi connectivity index (χ0n) is 14.7. The van der Waals surface area contributed by atoms with E-state index in [-0.39, 0.29) is 29.1 Å². The fraction of sp³-hybridized carbons (Fsp3) is 0.278. The molecule has 2 rings (SSSR count). The molecule has 9 heteroatoms. The fourth-order valence-corrected chi connectivity index (χ4v) is 3.57. The summed E-state index contributed by atoms with van der Waals surface area (Å²) >= 11 is 0. The lowest BCUT2D eigenvalue weighted by molar-refractivity contribution is -0.138. The Morgan fingerprint density at radius 3 is 2.22 bits per heavy atom. The molecule has 0 atom stereocenters. The Morgan fingerprint density at radius 1 is 1.07 bits per heavy atom. The summed E-state index contributed by atoms with van der Waals surface area (Å²) in [6.45, 7) is 1.64. The number of hydrogen-bond acceptors (Lipinski definition) is 3. The second-order valence-corrected chi connectivity index (χ2v) is 7.61. The first-order valence-electron chi connectivity index (χ1n) is 8.06. The average Bonchev–Trinajstić information content (AvgIpc) is 2.60. The molecular weight excluding hydrogens is 381 g/mol. The van der Waals surface area contributed by atoms with Crippen LogP contribution in [0.4, 0.5) is 13.2 Å². The van der Waals surface area contributed by atoms with Crippen LogP contribution >= 0.6 is 0 Å². The molecule has 27 heavy (non-hydrogen) atoms. The number of nitrogens with one attached hydrogen (secondary N) is 1. The molecule has 0 aliphatic carbocycles. The van der Waals surface area contributed by atoms with Crippen molar-refractivity contribution in [1.82, 2.24) is 9.62 Å². The monoisotopic (exact) mass is 400 g/mol. The molecule has 0 radical (unpaired) electrons. The van der Waals surface area contributed by atoms with E-state index in [1.807, 2.05) is 0 Å². The van der Waals surface area contributed by atoms with Crippen molar-refractivity contribution in [3.05, 3.63) is 65.2 Å². The van der Waals surface area contributed by atoms with Gasteiger partial charge in [-0.1, -0.05) is 25.1 Å². The molecule has 1 amide bonds. The summed E-state index contributed by atoms with van der Waals surface area (Å²) in [6.07, 6.45) is -4.51. The standard InChI is InChI=1S/C18H19F3N2O3S/c1-3-22-27(25,26)15-10-8-13(9-11-15)17(24)23(2)12-14-6-4-5-7-16(14)18(19,20)21/h4-11,22H,3,12H2,1-2H3. The quantitative estimate of drug-likeness (QED) is 0.809. The van der Waals surface area contributed by atoms with Crippen LogP contribution in [-0.2, 0) is 22.7 Å². The van der Waals surface area contributed by atoms with E-state index in [4.69, 9.17) is 0 Å². The average molecular weight is 400 g/mol. The van der Waals surface area contributed by atoms with Crippen molar-refractivity contribution in [3.63, 3.8) is 0 Å². The maximum absolute atomic E-state index is 13.1. The summed E-state index contributed by atoms with van der Waals surface area (Å²) in [6, 6.07) is 10.3. The van der Waals surface area contributed by atoms with Crippen LogP contribution in [0.15, 0.2) is 53.4 Å². The van der Waals surface area contributed by atoms with Crippen LogP contribution in [0.25, 0.3) is 0 Å². The molecule has 0 aliphatic rings. The topological polar surface area (TPSA) is 66.5 Å². The number of alkyl halides is 3. The Labute approximate surface area is 155 Å². The van der Waals surface area contributed by atoms with Crippen LogP contribution in [0.1, 0.15) is 28.4 Å². The minimum Gasteiger partial charge on any atom is -0.337 e. The SMILES string of the molecule is CCNS(=O)(=O)c1ccc(C(=O)N(C)Cc2ccccc2C(F)(F)F)cc1. The number of rotatable bonds is 6. The fourth-order valence-electron chi connectivity index (χ4n) is 2.53. The number of carbonyl (C=O) groups is 1. The zero-order chi connectivity index (χ0) is 20.2. The molecule has 1 N–H and O–H groups in total. The van der Waals surface area contributed by atoms with Crippen molar-refractivity contribution < 1.29 is 26.4 Å². The molecule has 0 unspecified atom stereocenters. The lowest BCUT2D eigenvalue weighted by Crippen LogP contribution is -2.27. The van der Waals surface area contributed by atoms with E-state index >= 15 is 0 Å².